The normalized spacial score (nSPS) is 16.0. The van der Waals surface area contributed by atoms with E-state index in [1.165, 1.54) is 22.0 Å². The van der Waals surface area contributed by atoms with Crippen LogP contribution in [0.5, 0.6) is 0 Å². The van der Waals surface area contributed by atoms with E-state index >= 15 is 0 Å². The Morgan fingerprint density at radius 3 is 2.17 bits per heavy atom. The van der Waals surface area contributed by atoms with E-state index in [1.807, 2.05) is 36.1 Å². The van der Waals surface area contributed by atoms with Crippen LogP contribution in [0.25, 0.3) is 0 Å². The molecular weight excluding hydrogens is 433 g/mol. The third-order valence-electron chi connectivity index (χ3n) is 4.83. The number of halogens is 2. The largest absolute Gasteiger partial charge is 0.351 e. The summed E-state index contributed by atoms with van der Waals surface area (Å²) in [6, 6.07) is 12.6. The van der Waals surface area contributed by atoms with Crippen molar-refractivity contribution < 1.29 is 13.2 Å². The molecule has 6 nitrogen and oxygen atoms in total. The standard InChI is InChI=1S/C20H23Cl2N3O3S/c1-15-5-7-16(8-6-15)13-23-19(26)14-24-9-11-25(12-10-24)29(27,28)20-17(21)3-2-4-18(20)22/h2-8H,9-14H2,1H3,(H,23,26). The highest BCUT2D eigenvalue weighted by Crippen LogP contribution is 2.31. The van der Waals surface area contributed by atoms with E-state index in [1.54, 1.807) is 6.07 Å². The number of carbonyl (C=O) groups excluding carboxylic acids is 1. The molecule has 2 aromatic rings. The molecule has 1 fully saturated rings. The highest BCUT2D eigenvalue weighted by atomic mass is 35.5. The first-order chi connectivity index (χ1) is 13.8. The highest BCUT2D eigenvalue weighted by molar-refractivity contribution is 7.89. The van der Waals surface area contributed by atoms with E-state index in [0.717, 1.165) is 5.56 Å². The van der Waals surface area contributed by atoms with Gasteiger partial charge in [-0.1, -0.05) is 59.1 Å². The SMILES string of the molecule is Cc1ccc(CNC(=O)CN2CCN(S(=O)(=O)c3c(Cl)cccc3Cl)CC2)cc1. The van der Waals surface area contributed by atoms with Crippen LogP contribution < -0.4 is 5.32 Å². The van der Waals surface area contributed by atoms with Crippen molar-refractivity contribution in [1.82, 2.24) is 14.5 Å². The molecule has 0 unspecified atom stereocenters. The molecule has 0 radical (unpaired) electrons. The van der Waals surface area contributed by atoms with Crippen LogP contribution in [0, 0.1) is 6.92 Å². The maximum Gasteiger partial charge on any atom is 0.246 e. The number of aryl methyl sites for hydroxylation is 1. The van der Waals surface area contributed by atoms with Crippen LogP contribution in [0.3, 0.4) is 0 Å². The molecule has 156 valence electrons. The second-order valence-corrected chi connectivity index (χ2v) is 9.68. The Balaban J connectivity index is 1.52. The summed E-state index contributed by atoms with van der Waals surface area (Å²) in [6.07, 6.45) is 0. The molecule has 0 saturated carbocycles. The van der Waals surface area contributed by atoms with Gasteiger partial charge < -0.3 is 5.32 Å². The third-order valence-corrected chi connectivity index (χ3v) is 7.68. The fourth-order valence-electron chi connectivity index (χ4n) is 3.15. The van der Waals surface area contributed by atoms with E-state index in [-0.39, 0.29) is 40.5 Å². The minimum atomic E-state index is -3.78. The number of rotatable bonds is 6. The number of nitrogens with one attached hydrogen (secondary N) is 1. The fourth-order valence-corrected chi connectivity index (χ4v) is 5.67. The number of hydrogen-bond acceptors (Lipinski definition) is 4. The molecule has 0 aliphatic carbocycles. The molecule has 1 aliphatic rings. The highest BCUT2D eigenvalue weighted by Gasteiger charge is 2.32. The minimum Gasteiger partial charge on any atom is -0.351 e. The molecule has 0 bridgehead atoms. The summed E-state index contributed by atoms with van der Waals surface area (Å²) >= 11 is 12.1. The Morgan fingerprint density at radius 1 is 1.00 bits per heavy atom. The van der Waals surface area contributed by atoms with Gasteiger partial charge in [0.25, 0.3) is 0 Å². The summed E-state index contributed by atoms with van der Waals surface area (Å²) in [5.74, 6) is -0.0870. The predicted molar refractivity (Wildman–Crippen MR) is 115 cm³/mol. The van der Waals surface area contributed by atoms with Crippen molar-refractivity contribution in [1.29, 1.82) is 0 Å². The molecule has 0 aromatic heterocycles. The van der Waals surface area contributed by atoms with Gasteiger partial charge in [0.05, 0.1) is 16.6 Å². The van der Waals surface area contributed by atoms with Gasteiger partial charge in [0, 0.05) is 32.7 Å². The molecule has 3 rings (SSSR count). The molecule has 1 amide bonds. The number of nitrogens with zero attached hydrogens (tertiary/aromatic N) is 2. The van der Waals surface area contributed by atoms with Gasteiger partial charge in [-0.2, -0.15) is 4.31 Å². The monoisotopic (exact) mass is 455 g/mol. The van der Waals surface area contributed by atoms with Crippen LogP contribution in [-0.2, 0) is 21.4 Å². The molecule has 1 N–H and O–H groups in total. The maximum absolute atomic E-state index is 12.9. The Morgan fingerprint density at radius 2 is 1.59 bits per heavy atom. The van der Waals surface area contributed by atoms with Crippen LogP contribution >= 0.6 is 23.2 Å². The van der Waals surface area contributed by atoms with Crippen molar-refractivity contribution in [2.24, 2.45) is 0 Å². The van der Waals surface area contributed by atoms with Gasteiger partial charge >= 0.3 is 0 Å². The first kappa shape index (κ1) is 22.1. The summed E-state index contributed by atoms with van der Waals surface area (Å²) < 4.78 is 27.2. The topological polar surface area (TPSA) is 69.7 Å². The van der Waals surface area contributed by atoms with Crippen LogP contribution in [0.2, 0.25) is 10.0 Å². The average Bonchev–Trinajstić information content (AvgIpc) is 2.68. The molecule has 9 heteroatoms. The Bertz CT molecular complexity index is 953. The van der Waals surface area contributed by atoms with Crippen molar-refractivity contribution >= 4 is 39.1 Å². The first-order valence-electron chi connectivity index (χ1n) is 9.26. The lowest BCUT2D eigenvalue weighted by atomic mass is 10.1. The van der Waals surface area contributed by atoms with Crippen molar-refractivity contribution in [2.45, 2.75) is 18.4 Å². The lowest BCUT2D eigenvalue weighted by molar-refractivity contribution is -0.122. The number of sulfonamides is 1. The van der Waals surface area contributed by atoms with Crippen LogP contribution in [0.15, 0.2) is 47.4 Å². The molecule has 1 saturated heterocycles. The Hall–Kier alpha value is -1.64. The Kier molecular flexibility index (Phi) is 7.19. The van der Waals surface area contributed by atoms with E-state index in [0.29, 0.717) is 19.6 Å². The number of benzene rings is 2. The fraction of sp³-hybridized carbons (Fsp3) is 0.350. The summed E-state index contributed by atoms with van der Waals surface area (Å²) in [5.41, 5.74) is 2.21. The molecule has 1 heterocycles. The molecule has 0 spiro atoms. The van der Waals surface area contributed by atoms with E-state index in [4.69, 9.17) is 23.2 Å². The number of piperazine rings is 1. The van der Waals surface area contributed by atoms with Gasteiger partial charge in [0.1, 0.15) is 4.90 Å². The van der Waals surface area contributed by atoms with Crippen LogP contribution in [0.4, 0.5) is 0 Å². The second-order valence-electron chi connectivity index (χ2n) is 6.99. The molecule has 2 aromatic carbocycles. The predicted octanol–water partition coefficient (Wildman–Crippen LogP) is 2.92. The molecule has 1 aliphatic heterocycles. The number of amides is 1. The quantitative estimate of drug-likeness (QED) is 0.726. The zero-order valence-electron chi connectivity index (χ0n) is 16.1. The van der Waals surface area contributed by atoms with Gasteiger partial charge in [-0.05, 0) is 24.6 Å². The van der Waals surface area contributed by atoms with E-state index < -0.39 is 10.0 Å². The van der Waals surface area contributed by atoms with Gasteiger partial charge in [0.15, 0.2) is 0 Å². The summed E-state index contributed by atoms with van der Waals surface area (Å²) in [7, 11) is -3.78. The van der Waals surface area contributed by atoms with Gasteiger partial charge in [-0.25, -0.2) is 8.42 Å². The summed E-state index contributed by atoms with van der Waals surface area (Å²) in [4.78, 5) is 14.1. The lowest BCUT2D eigenvalue weighted by Crippen LogP contribution is -2.51. The summed E-state index contributed by atoms with van der Waals surface area (Å²) in [6.45, 7) is 4.18. The average molecular weight is 456 g/mol. The van der Waals surface area contributed by atoms with Crippen molar-refractivity contribution in [2.75, 3.05) is 32.7 Å². The second kappa shape index (κ2) is 9.45. The molecular formula is C20H23Cl2N3O3S. The third kappa shape index (κ3) is 5.49. The number of hydrogen-bond donors (Lipinski definition) is 1. The van der Waals surface area contributed by atoms with Gasteiger partial charge in [-0.3, -0.25) is 9.69 Å². The van der Waals surface area contributed by atoms with E-state index in [2.05, 4.69) is 5.32 Å². The molecule has 29 heavy (non-hydrogen) atoms. The zero-order valence-corrected chi connectivity index (χ0v) is 18.4. The van der Waals surface area contributed by atoms with Gasteiger partial charge in [-0.15, -0.1) is 0 Å². The van der Waals surface area contributed by atoms with Crippen molar-refractivity contribution in [3.63, 3.8) is 0 Å². The number of carbonyl (C=O) groups is 1. The van der Waals surface area contributed by atoms with Crippen molar-refractivity contribution in [3.05, 3.63) is 63.6 Å². The van der Waals surface area contributed by atoms with Crippen LogP contribution in [0.1, 0.15) is 11.1 Å². The first-order valence-corrected chi connectivity index (χ1v) is 11.5. The smallest absolute Gasteiger partial charge is 0.246 e. The Labute approximate surface area is 181 Å². The maximum atomic E-state index is 12.9. The van der Waals surface area contributed by atoms with Gasteiger partial charge in [0.2, 0.25) is 15.9 Å². The minimum absolute atomic E-state index is 0.0624. The summed E-state index contributed by atoms with van der Waals surface area (Å²) in [5, 5.41) is 3.11. The van der Waals surface area contributed by atoms with E-state index in [9.17, 15) is 13.2 Å². The molecule has 0 atom stereocenters. The van der Waals surface area contributed by atoms with Crippen molar-refractivity contribution in [3.8, 4) is 0 Å². The zero-order chi connectivity index (χ0) is 21.0. The lowest BCUT2D eigenvalue weighted by Gasteiger charge is -2.33. The van der Waals surface area contributed by atoms with Crippen LogP contribution in [-0.4, -0.2) is 56.3 Å².